The van der Waals surface area contributed by atoms with Crippen LogP contribution in [0.1, 0.15) is 0 Å². The van der Waals surface area contributed by atoms with Crippen molar-refractivity contribution < 1.29 is 9.59 Å². The molecule has 1 aliphatic rings. The van der Waals surface area contributed by atoms with Crippen LogP contribution in [0, 0.1) is 0 Å². The van der Waals surface area contributed by atoms with E-state index in [1.54, 1.807) is 12.1 Å². The van der Waals surface area contributed by atoms with Gasteiger partial charge in [-0.1, -0.05) is 6.07 Å². The van der Waals surface area contributed by atoms with E-state index < -0.39 is 0 Å². The van der Waals surface area contributed by atoms with E-state index in [1.807, 2.05) is 6.07 Å². The summed E-state index contributed by atoms with van der Waals surface area (Å²) in [6, 6.07) is 5.37. The van der Waals surface area contributed by atoms with Crippen molar-refractivity contribution in [3.8, 4) is 0 Å². The first-order chi connectivity index (χ1) is 7.11. The van der Waals surface area contributed by atoms with Crippen LogP contribution in [0.15, 0.2) is 39.3 Å². The van der Waals surface area contributed by atoms with E-state index in [4.69, 9.17) is 0 Å². The van der Waals surface area contributed by atoms with Crippen molar-refractivity contribution in [1.29, 1.82) is 0 Å². The molecule has 2 rings (SSSR count). The van der Waals surface area contributed by atoms with E-state index in [-0.39, 0.29) is 11.8 Å². The summed E-state index contributed by atoms with van der Waals surface area (Å²) in [4.78, 5) is 24.1. The SMILES string of the molecule is O=C1C=CC(=O)N1c1c(Br)cccc1Br. The first-order valence-corrected chi connectivity index (χ1v) is 5.70. The van der Waals surface area contributed by atoms with Crippen LogP contribution in [0.4, 0.5) is 5.69 Å². The second-order valence-corrected chi connectivity index (χ2v) is 4.62. The fourth-order valence-electron chi connectivity index (χ4n) is 1.32. The molecule has 0 aromatic heterocycles. The van der Waals surface area contributed by atoms with E-state index in [2.05, 4.69) is 31.9 Å². The predicted molar refractivity (Wildman–Crippen MR) is 63.5 cm³/mol. The zero-order valence-corrected chi connectivity index (χ0v) is 10.6. The summed E-state index contributed by atoms with van der Waals surface area (Å²) >= 11 is 6.62. The van der Waals surface area contributed by atoms with Crippen LogP contribution in [0.3, 0.4) is 0 Å². The lowest BCUT2D eigenvalue weighted by molar-refractivity contribution is -0.120. The smallest absolute Gasteiger partial charge is 0.258 e. The molecule has 1 aromatic rings. The van der Waals surface area contributed by atoms with Crippen LogP contribution in [0.2, 0.25) is 0 Å². The number of hydrogen-bond donors (Lipinski definition) is 0. The summed E-state index contributed by atoms with van der Waals surface area (Å²) in [7, 11) is 0. The number of para-hydroxylation sites is 1. The fourth-order valence-corrected chi connectivity index (χ4v) is 2.68. The van der Waals surface area contributed by atoms with Gasteiger partial charge < -0.3 is 0 Å². The number of carbonyl (C=O) groups excluding carboxylic acids is 2. The summed E-state index contributed by atoms with van der Waals surface area (Å²) in [5.74, 6) is -0.653. The number of benzene rings is 1. The maximum Gasteiger partial charge on any atom is 0.258 e. The van der Waals surface area contributed by atoms with E-state index >= 15 is 0 Å². The summed E-state index contributed by atoms with van der Waals surface area (Å²) in [5, 5.41) is 0. The molecule has 76 valence electrons. The molecular formula is C10H5Br2NO2. The Labute approximate surface area is 103 Å². The minimum absolute atomic E-state index is 0.326. The quantitative estimate of drug-likeness (QED) is 0.742. The van der Waals surface area contributed by atoms with E-state index in [0.717, 1.165) is 4.90 Å². The highest BCUT2D eigenvalue weighted by molar-refractivity contribution is 9.11. The highest BCUT2D eigenvalue weighted by atomic mass is 79.9. The molecule has 5 heteroatoms. The molecule has 2 amide bonds. The molecule has 0 unspecified atom stereocenters. The van der Waals surface area contributed by atoms with Crippen LogP contribution in [-0.2, 0) is 9.59 Å². The number of halogens is 2. The summed E-state index contributed by atoms with van der Waals surface area (Å²) in [6.45, 7) is 0. The second-order valence-electron chi connectivity index (χ2n) is 2.92. The molecule has 0 spiro atoms. The van der Waals surface area contributed by atoms with Crippen molar-refractivity contribution in [2.45, 2.75) is 0 Å². The van der Waals surface area contributed by atoms with Crippen molar-refractivity contribution >= 4 is 49.4 Å². The molecule has 0 atom stereocenters. The molecule has 0 bridgehead atoms. The molecule has 0 radical (unpaired) electrons. The topological polar surface area (TPSA) is 37.4 Å². The Bertz CT molecular complexity index is 444. The van der Waals surface area contributed by atoms with Gasteiger partial charge in [0.1, 0.15) is 0 Å². The predicted octanol–water partition coefficient (Wildman–Crippen LogP) is 2.64. The third-order valence-electron chi connectivity index (χ3n) is 1.97. The van der Waals surface area contributed by atoms with Crippen LogP contribution in [0.25, 0.3) is 0 Å². The molecule has 0 aliphatic carbocycles. The number of imide groups is 1. The molecule has 0 saturated carbocycles. The van der Waals surface area contributed by atoms with Gasteiger partial charge in [-0.2, -0.15) is 0 Å². The van der Waals surface area contributed by atoms with Gasteiger partial charge >= 0.3 is 0 Å². The normalized spacial score (nSPS) is 15.2. The second kappa shape index (κ2) is 3.90. The molecular weight excluding hydrogens is 326 g/mol. The molecule has 0 fully saturated rings. The minimum atomic E-state index is -0.326. The van der Waals surface area contributed by atoms with E-state index in [0.29, 0.717) is 14.6 Å². The van der Waals surface area contributed by atoms with Crippen molar-refractivity contribution in [3.63, 3.8) is 0 Å². The van der Waals surface area contributed by atoms with Crippen LogP contribution in [-0.4, -0.2) is 11.8 Å². The Morgan fingerprint density at radius 2 is 1.40 bits per heavy atom. The van der Waals surface area contributed by atoms with Gasteiger partial charge in [0.05, 0.1) is 5.69 Å². The molecule has 3 nitrogen and oxygen atoms in total. The van der Waals surface area contributed by atoms with Crippen molar-refractivity contribution in [2.75, 3.05) is 4.90 Å². The zero-order chi connectivity index (χ0) is 11.0. The van der Waals surface area contributed by atoms with Gasteiger partial charge in [0.2, 0.25) is 0 Å². The van der Waals surface area contributed by atoms with Gasteiger partial charge in [-0.3, -0.25) is 9.59 Å². The van der Waals surface area contributed by atoms with E-state index in [9.17, 15) is 9.59 Å². The Hall–Kier alpha value is -0.940. The summed E-state index contributed by atoms with van der Waals surface area (Å²) in [6.07, 6.45) is 2.52. The third-order valence-corrected chi connectivity index (χ3v) is 3.25. The first kappa shape index (κ1) is 10.6. The number of hydrogen-bond acceptors (Lipinski definition) is 2. The average molecular weight is 331 g/mol. The summed E-state index contributed by atoms with van der Waals surface area (Å²) in [5.41, 5.74) is 0.539. The van der Waals surface area contributed by atoms with Gasteiger partial charge in [-0.25, -0.2) is 4.90 Å². The number of rotatable bonds is 1. The molecule has 15 heavy (non-hydrogen) atoms. The van der Waals surface area contributed by atoms with Gasteiger partial charge in [-0.05, 0) is 44.0 Å². The van der Waals surface area contributed by atoms with E-state index in [1.165, 1.54) is 12.2 Å². The fraction of sp³-hybridized carbons (Fsp3) is 0. The van der Waals surface area contributed by atoms with Crippen molar-refractivity contribution in [2.24, 2.45) is 0 Å². The lowest BCUT2D eigenvalue weighted by atomic mass is 10.3. The largest absolute Gasteiger partial charge is 0.269 e. The number of nitrogens with zero attached hydrogens (tertiary/aromatic N) is 1. The minimum Gasteiger partial charge on any atom is -0.269 e. The molecule has 0 N–H and O–H groups in total. The Morgan fingerprint density at radius 3 is 1.87 bits per heavy atom. The average Bonchev–Trinajstić information content (AvgIpc) is 2.49. The lowest BCUT2D eigenvalue weighted by Gasteiger charge is -2.17. The number of carbonyl (C=O) groups is 2. The Kier molecular flexibility index (Phi) is 2.75. The highest BCUT2D eigenvalue weighted by Gasteiger charge is 2.28. The van der Waals surface area contributed by atoms with Crippen LogP contribution in [0.5, 0.6) is 0 Å². The molecule has 0 saturated heterocycles. The van der Waals surface area contributed by atoms with Gasteiger partial charge in [0, 0.05) is 21.1 Å². The van der Waals surface area contributed by atoms with Crippen molar-refractivity contribution in [1.82, 2.24) is 0 Å². The molecule has 1 aromatic carbocycles. The molecule has 1 heterocycles. The Balaban J connectivity index is 2.55. The zero-order valence-electron chi connectivity index (χ0n) is 7.41. The van der Waals surface area contributed by atoms with Gasteiger partial charge in [0.15, 0.2) is 0 Å². The van der Waals surface area contributed by atoms with Crippen LogP contribution < -0.4 is 4.90 Å². The maximum absolute atomic E-state index is 11.5. The Morgan fingerprint density at radius 1 is 0.933 bits per heavy atom. The molecule has 1 aliphatic heterocycles. The standard InChI is InChI=1S/C10H5Br2NO2/c11-6-2-1-3-7(12)10(6)13-8(14)4-5-9(13)15/h1-5H. The van der Waals surface area contributed by atoms with Crippen LogP contribution >= 0.6 is 31.9 Å². The summed E-state index contributed by atoms with van der Waals surface area (Å²) < 4.78 is 1.39. The lowest BCUT2D eigenvalue weighted by Crippen LogP contribution is -2.30. The van der Waals surface area contributed by atoms with Gasteiger partial charge in [0.25, 0.3) is 11.8 Å². The first-order valence-electron chi connectivity index (χ1n) is 4.11. The monoisotopic (exact) mass is 329 g/mol. The highest BCUT2D eigenvalue weighted by Crippen LogP contribution is 2.35. The number of anilines is 1. The number of amides is 2. The van der Waals surface area contributed by atoms with Crippen molar-refractivity contribution in [3.05, 3.63) is 39.3 Å². The maximum atomic E-state index is 11.5. The van der Waals surface area contributed by atoms with Gasteiger partial charge in [-0.15, -0.1) is 0 Å². The third kappa shape index (κ3) is 1.77.